The van der Waals surface area contributed by atoms with E-state index in [4.69, 9.17) is 4.74 Å². The van der Waals surface area contributed by atoms with Crippen molar-refractivity contribution in [1.82, 2.24) is 4.90 Å². The van der Waals surface area contributed by atoms with Crippen LogP contribution in [-0.2, 0) is 4.74 Å². The van der Waals surface area contributed by atoms with Crippen molar-refractivity contribution in [2.75, 3.05) is 27.2 Å². The van der Waals surface area contributed by atoms with Crippen molar-refractivity contribution >= 4 is 0 Å². The van der Waals surface area contributed by atoms with E-state index in [9.17, 15) is 0 Å². The van der Waals surface area contributed by atoms with Crippen molar-refractivity contribution < 1.29 is 4.74 Å². The largest absolute Gasteiger partial charge is 0.494 e. The zero-order valence-corrected chi connectivity index (χ0v) is 10.4. The normalized spacial score (nSPS) is 10.7. The van der Waals surface area contributed by atoms with Crippen LogP contribution in [0.15, 0.2) is 36.1 Å². The number of allylic oxidation sites excluding steroid dienone is 4. The van der Waals surface area contributed by atoms with Gasteiger partial charge in [0.25, 0.3) is 0 Å². The molecule has 0 aromatic carbocycles. The van der Waals surface area contributed by atoms with Crippen molar-refractivity contribution in [2.24, 2.45) is 0 Å². The molecule has 0 atom stereocenters. The summed E-state index contributed by atoms with van der Waals surface area (Å²) in [6, 6.07) is 0. The molecule has 0 bridgehead atoms. The van der Waals surface area contributed by atoms with Gasteiger partial charge in [0.05, 0.1) is 6.61 Å². The molecule has 0 amide bonds. The third kappa shape index (κ3) is 10.9. The zero-order valence-electron chi connectivity index (χ0n) is 10.4. The molecule has 0 saturated heterocycles. The van der Waals surface area contributed by atoms with E-state index >= 15 is 0 Å². The van der Waals surface area contributed by atoms with Crippen LogP contribution in [0.3, 0.4) is 0 Å². The molecule has 0 radical (unpaired) electrons. The average Bonchev–Trinajstić information content (AvgIpc) is 2.11. The first-order chi connectivity index (χ1) is 7.02. The molecule has 0 aromatic heterocycles. The first-order valence-electron chi connectivity index (χ1n) is 5.30. The minimum Gasteiger partial charge on any atom is -0.494 e. The fourth-order valence-electron chi connectivity index (χ4n) is 0.980. The molecule has 0 aromatic rings. The molecule has 0 aliphatic heterocycles. The fraction of sp³-hybridized carbons (Fsp3) is 0.538. The van der Waals surface area contributed by atoms with Gasteiger partial charge in [0.1, 0.15) is 5.76 Å². The zero-order chi connectivity index (χ0) is 11.7. The highest BCUT2D eigenvalue weighted by molar-refractivity contribution is 5.16. The Hall–Kier alpha value is -1.02. The van der Waals surface area contributed by atoms with Gasteiger partial charge in [-0.15, -0.1) is 0 Å². The summed E-state index contributed by atoms with van der Waals surface area (Å²) in [5.41, 5.74) is 1.27. The lowest BCUT2D eigenvalue weighted by Gasteiger charge is -2.09. The molecular weight excluding hydrogens is 186 g/mol. The Morgan fingerprint density at radius 3 is 2.53 bits per heavy atom. The molecule has 0 aliphatic carbocycles. The lowest BCUT2D eigenvalue weighted by Crippen LogP contribution is -2.14. The summed E-state index contributed by atoms with van der Waals surface area (Å²) in [7, 11) is 4.12. The van der Waals surface area contributed by atoms with Gasteiger partial charge in [0.15, 0.2) is 0 Å². The van der Waals surface area contributed by atoms with E-state index in [0.717, 1.165) is 25.3 Å². The van der Waals surface area contributed by atoms with Gasteiger partial charge < -0.3 is 9.64 Å². The number of rotatable bonds is 7. The highest BCUT2D eigenvalue weighted by Crippen LogP contribution is 1.99. The van der Waals surface area contributed by atoms with Crippen LogP contribution < -0.4 is 0 Å². The van der Waals surface area contributed by atoms with Gasteiger partial charge >= 0.3 is 0 Å². The van der Waals surface area contributed by atoms with Crippen molar-refractivity contribution in [3.63, 3.8) is 0 Å². The van der Waals surface area contributed by atoms with E-state index in [1.165, 1.54) is 5.57 Å². The van der Waals surface area contributed by atoms with Crippen LogP contribution in [0.1, 0.15) is 20.3 Å². The molecule has 0 unspecified atom stereocenters. The van der Waals surface area contributed by atoms with Crippen molar-refractivity contribution in [1.29, 1.82) is 0 Å². The van der Waals surface area contributed by atoms with Gasteiger partial charge in [-0.05, 0) is 40.4 Å². The maximum Gasteiger partial charge on any atom is 0.112 e. The first kappa shape index (κ1) is 14.0. The Morgan fingerprint density at radius 2 is 2.00 bits per heavy atom. The summed E-state index contributed by atoms with van der Waals surface area (Å²) in [4.78, 5) is 2.14. The predicted octanol–water partition coefficient (Wildman–Crippen LogP) is 2.99. The monoisotopic (exact) mass is 209 g/mol. The third-order valence-corrected chi connectivity index (χ3v) is 1.75. The second-order valence-electron chi connectivity index (χ2n) is 4.07. The minimum absolute atomic E-state index is 0.728. The molecule has 2 nitrogen and oxygen atoms in total. The number of nitrogens with zero attached hydrogens (tertiary/aromatic N) is 1. The third-order valence-electron chi connectivity index (χ3n) is 1.75. The molecule has 2 heteroatoms. The molecule has 0 rings (SSSR count). The first-order valence-corrected chi connectivity index (χ1v) is 5.30. The van der Waals surface area contributed by atoms with Crippen LogP contribution in [0.4, 0.5) is 0 Å². The van der Waals surface area contributed by atoms with Crippen LogP contribution in [-0.4, -0.2) is 32.1 Å². The Morgan fingerprint density at radius 1 is 1.33 bits per heavy atom. The highest BCUT2D eigenvalue weighted by Gasteiger charge is 1.92. The SMILES string of the molecule is C=C(/C=C\C=C(C)C)OCCCN(C)C. The summed E-state index contributed by atoms with van der Waals surface area (Å²) in [5.74, 6) is 0.728. The van der Waals surface area contributed by atoms with Crippen molar-refractivity contribution in [3.05, 3.63) is 36.1 Å². The maximum atomic E-state index is 5.44. The molecule has 0 aliphatic rings. The summed E-state index contributed by atoms with van der Waals surface area (Å²) in [5, 5.41) is 0. The molecule has 0 fully saturated rings. The van der Waals surface area contributed by atoms with Crippen LogP contribution in [0.2, 0.25) is 0 Å². The van der Waals surface area contributed by atoms with E-state index in [-0.39, 0.29) is 0 Å². The fourth-order valence-corrected chi connectivity index (χ4v) is 0.980. The minimum atomic E-state index is 0.728. The van der Waals surface area contributed by atoms with E-state index in [1.54, 1.807) is 0 Å². The maximum absolute atomic E-state index is 5.44. The molecule has 0 heterocycles. The summed E-state index contributed by atoms with van der Waals surface area (Å²) in [6.45, 7) is 9.72. The lowest BCUT2D eigenvalue weighted by atomic mass is 10.3. The quantitative estimate of drug-likeness (QED) is 0.363. The highest BCUT2D eigenvalue weighted by atomic mass is 16.5. The summed E-state index contributed by atoms with van der Waals surface area (Å²) < 4.78 is 5.44. The molecule has 0 N–H and O–H groups in total. The lowest BCUT2D eigenvalue weighted by molar-refractivity contribution is 0.208. The van der Waals surface area contributed by atoms with Gasteiger partial charge in [-0.2, -0.15) is 0 Å². The Labute approximate surface area is 93.9 Å². The van der Waals surface area contributed by atoms with Gasteiger partial charge in [0, 0.05) is 6.54 Å². The van der Waals surface area contributed by atoms with Crippen LogP contribution >= 0.6 is 0 Å². The van der Waals surface area contributed by atoms with Crippen LogP contribution in [0.25, 0.3) is 0 Å². The Kier molecular flexibility index (Phi) is 7.74. The van der Waals surface area contributed by atoms with E-state index in [2.05, 4.69) is 39.4 Å². The second kappa shape index (κ2) is 8.30. The van der Waals surface area contributed by atoms with Crippen LogP contribution in [0, 0.1) is 0 Å². The van der Waals surface area contributed by atoms with E-state index in [0.29, 0.717) is 0 Å². The van der Waals surface area contributed by atoms with Crippen molar-refractivity contribution in [3.8, 4) is 0 Å². The standard InChI is InChI=1S/C13H23NO/c1-12(2)8-6-9-13(3)15-11-7-10-14(4)5/h6,8-9H,3,7,10-11H2,1-2,4-5H3/b9-6-. The Bertz CT molecular complexity index is 235. The average molecular weight is 209 g/mol. The summed E-state index contributed by atoms with van der Waals surface area (Å²) in [6.07, 6.45) is 6.92. The molecule has 86 valence electrons. The van der Waals surface area contributed by atoms with Gasteiger partial charge in [0.2, 0.25) is 0 Å². The Balaban J connectivity index is 3.58. The smallest absolute Gasteiger partial charge is 0.112 e. The second-order valence-corrected chi connectivity index (χ2v) is 4.07. The topological polar surface area (TPSA) is 12.5 Å². The van der Waals surface area contributed by atoms with Gasteiger partial charge in [-0.25, -0.2) is 0 Å². The van der Waals surface area contributed by atoms with Crippen LogP contribution in [0.5, 0.6) is 0 Å². The number of hydrogen-bond acceptors (Lipinski definition) is 2. The van der Waals surface area contributed by atoms with Gasteiger partial charge in [-0.3, -0.25) is 0 Å². The number of ether oxygens (including phenoxy) is 1. The van der Waals surface area contributed by atoms with E-state index < -0.39 is 0 Å². The predicted molar refractivity (Wildman–Crippen MR) is 66.8 cm³/mol. The molecule has 0 spiro atoms. The number of hydrogen-bond donors (Lipinski definition) is 0. The van der Waals surface area contributed by atoms with Crippen molar-refractivity contribution in [2.45, 2.75) is 20.3 Å². The molecule has 0 saturated carbocycles. The van der Waals surface area contributed by atoms with E-state index in [1.807, 2.05) is 18.2 Å². The molecule has 15 heavy (non-hydrogen) atoms. The molecular formula is C13H23NO. The summed E-state index contributed by atoms with van der Waals surface area (Å²) >= 11 is 0. The van der Waals surface area contributed by atoms with Gasteiger partial charge in [-0.1, -0.05) is 24.3 Å².